The first-order valence-corrected chi connectivity index (χ1v) is 7.56. The fourth-order valence-corrected chi connectivity index (χ4v) is 2.26. The summed E-state index contributed by atoms with van der Waals surface area (Å²) in [6, 6.07) is 0. The summed E-state index contributed by atoms with van der Waals surface area (Å²) >= 11 is 1.12. The first kappa shape index (κ1) is 16.9. The quantitative estimate of drug-likeness (QED) is 0.644. The molecule has 2 heterocycles. The number of ether oxygens (including phenoxy) is 3. The fraction of sp³-hybridized carbons (Fsp3) is 0.462. The minimum atomic E-state index is -1.27. The van der Waals surface area contributed by atoms with Gasteiger partial charge in [-0.1, -0.05) is 0 Å². The van der Waals surface area contributed by atoms with Crippen LogP contribution in [-0.4, -0.2) is 34.4 Å². The number of esters is 2. The lowest BCUT2D eigenvalue weighted by Gasteiger charge is -2.28. The third-order valence-electron chi connectivity index (χ3n) is 2.48. The van der Waals surface area contributed by atoms with Crippen molar-refractivity contribution in [1.82, 2.24) is 4.98 Å². The molecule has 10 heteroatoms. The van der Waals surface area contributed by atoms with E-state index in [-0.39, 0.29) is 11.6 Å². The second-order valence-electron chi connectivity index (χ2n) is 4.85. The predicted octanol–water partition coefficient (Wildman–Crippen LogP) is 2.37. The minimum Gasteiger partial charge on any atom is -0.479 e. The van der Waals surface area contributed by atoms with Crippen LogP contribution in [0, 0.1) is 0 Å². The molecular formula is C13H15N3O6S. The summed E-state index contributed by atoms with van der Waals surface area (Å²) in [5.41, 5.74) is 0.0238. The van der Waals surface area contributed by atoms with E-state index in [1.165, 1.54) is 13.8 Å². The zero-order valence-electron chi connectivity index (χ0n) is 12.7. The maximum atomic E-state index is 11.7. The Labute approximate surface area is 135 Å². The normalized spacial score (nSPS) is 17.1. The second kappa shape index (κ2) is 6.73. The molecule has 1 N–H and O–H groups in total. The minimum absolute atomic E-state index is 0.0210. The molecule has 1 aliphatic rings. The molecule has 0 saturated heterocycles. The molecule has 1 aromatic rings. The van der Waals surface area contributed by atoms with Crippen LogP contribution in [0.5, 0.6) is 0 Å². The van der Waals surface area contributed by atoms with E-state index >= 15 is 0 Å². The summed E-state index contributed by atoms with van der Waals surface area (Å²) in [4.78, 5) is 27.1. The Bertz CT molecular complexity index is 679. The molecule has 0 atom stereocenters. The maximum Gasteiger partial charge on any atom is 0.369 e. The number of hydrogen-bond acceptors (Lipinski definition) is 10. The van der Waals surface area contributed by atoms with E-state index in [0.717, 1.165) is 11.3 Å². The number of aromatic nitrogens is 1. The summed E-state index contributed by atoms with van der Waals surface area (Å²) < 4.78 is 14.7. The fourth-order valence-electron chi connectivity index (χ4n) is 1.62. The molecular weight excluding hydrogens is 326 g/mol. The number of carbonyl (C=O) groups excluding carboxylic acids is 2. The van der Waals surface area contributed by atoms with Gasteiger partial charge in [-0.05, 0) is 6.92 Å². The van der Waals surface area contributed by atoms with Crippen molar-refractivity contribution in [3.8, 4) is 0 Å². The van der Waals surface area contributed by atoms with Gasteiger partial charge in [0.1, 0.15) is 0 Å². The third-order valence-corrected chi connectivity index (χ3v) is 3.26. The van der Waals surface area contributed by atoms with Crippen LogP contribution in [0.2, 0.25) is 0 Å². The molecule has 0 radical (unpaired) electrons. The highest BCUT2D eigenvalue weighted by Gasteiger charge is 2.36. The lowest BCUT2D eigenvalue weighted by molar-refractivity contribution is -0.222. The second-order valence-corrected chi connectivity index (χ2v) is 5.68. The molecule has 0 spiro atoms. The first-order chi connectivity index (χ1) is 10.8. The maximum absolute atomic E-state index is 11.7. The van der Waals surface area contributed by atoms with Crippen LogP contribution in [0.3, 0.4) is 0 Å². The van der Waals surface area contributed by atoms with E-state index < -0.39 is 29.4 Å². The number of azo groups is 1. The molecule has 0 aromatic carbocycles. The summed E-state index contributed by atoms with van der Waals surface area (Å²) in [6.07, 6.45) is 0.0210. The number of hydrogen-bond donors (Lipinski definition) is 1. The van der Waals surface area contributed by atoms with E-state index in [1.54, 1.807) is 12.3 Å². The Morgan fingerprint density at radius 2 is 2.17 bits per heavy atom. The van der Waals surface area contributed by atoms with Crippen LogP contribution >= 0.6 is 11.3 Å². The molecule has 1 aromatic heterocycles. The SMILES string of the molecule is CCOC(=O)Cc1csc(N=NC2=C(O)OC(C)(C)OC2=O)n1. The molecule has 0 bridgehead atoms. The van der Waals surface area contributed by atoms with Crippen molar-refractivity contribution in [3.05, 3.63) is 22.7 Å². The van der Waals surface area contributed by atoms with Crippen LogP contribution in [0.4, 0.5) is 5.13 Å². The van der Waals surface area contributed by atoms with E-state index in [1.807, 2.05) is 0 Å². The average molecular weight is 341 g/mol. The van der Waals surface area contributed by atoms with Gasteiger partial charge in [0.25, 0.3) is 11.5 Å². The Morgan fingerprint density at radius 1 is 1.43 bits per heavy atom. The number of aliphatic hydroxyl groups excluding tert-OH is 1. The van der Waals surface area contributed by atoms with Crippen molar-refractivity contribution in [1.29, 1.82) is 0 Å². The summed E-state index contributed by atoms with van der Waals surface area (Å²) in [5.74, 6) is -3.19. The highest BCUT2D eigenvalue weighted by Crippen LogP contribution is 2.27. The van der Waals surface area contributed by atoms with Gasteiger partial charge in [0.2, 0.25) is 5.13 Å². The van der Waals surface area contributed by atoms with E-state index in [0.29, 0.717) is 12.3 Å². The Morgan fingerprint density at radius 3 is 2.83 bits per heavy atom. The van der Waals surface area contributed by atoms with Crippen molar-refractivity contribution in [2.24, 2.45) is 10.2 Å². The Kier molecular flexibility index (Phi) is 4.94. The smallest absolute Gasteiger partial charge is 0.369 e. The number of carbonyl (C=O) groups is 2. The van der Waals surface area contributed by atoms with Gasteiger partial charge in [0.15, 0.2) is 0 Å². The molecule has 0 aliphatic carbocycles. The average Bonchev–Trinajstić information content (AvgIpc) is 2.84. The van der Waals surface area contributed by atoms with Crippen LogP contribution in [0.15, 0.2) is 27.3 Å². The Hall–Kier alpha value is -2.49. The molecule has 0 saturated carbocycles. The van der Waals surface area contributed by atoms with Gasteiger partial charge >= 0.3 is 17.9 Å². The van der Waals surface area contributed by atoms with Crippen molar-refractivity contribution < 1.29 is 28.9 Å². The van der Waals surface area contributed by atoms with Gasteiger partial charge < -0.3 is 19.3 Å². The zero-order chi connectivity index (χ0) is 17.0. The van der Waals surface area contributed by atoms with Crippen molar-refractivity contribution in [2.75, 3.05) is 6.61 Å². The summed E-state index contributed by atoms with van der Waals surface area (Å²) in [7, 11) is 0. The lowest BCUT2D eigenvalue weighted by Crippen LogP contribution is -2.36. The third kappa shape index (κ3) is 4.49. The topological polar surface area (TPSA) is 120 Å². The molecule has 1 aliphatic heterocycles. The van der Waals surface area contributed by atoms with Crippen LogP contribution < -0.4 is 0 Å². The predicted molar refractivity (Wildman–Crippen MR) is 77.9 cm³/mol. The number of nitrogens with zero attached hydrogens (tertiary/aromatic N) is 3. The summed E-state index contributed by atoms with van der Waals surface area (Å²) in [5, 5.41) is 18.8. The van der Waals surface area contributed by atoms with Gasteiger partial charge in [-0.3, -0.25) is 4.79 Å². The Balaban J connectivity index is 2.07. The molecule has 2 rings (SSSR count). The van der Waals surface area contributed by atoms with Crippen LogP contribution in [0.1, 0.15) is 26.5 Å². The lowest BCUT2D eigenvalue weighted by atomic mass is 10.3. The van der Waals surface area contributed by atoms with Crippen molar-refractivity contribution >= 4 is 28.4 Å². The van der Waals surface area contributed by atoms with E-state index in [4.69, 9.17) is 14.2 Å². The first-order valence-electron chi connectivity index (χ1n) is 6.68. The number of cyclic esters (lactones) is 1. The van der Waals surface area contributed by atoms with Crippen LogP contribution in [-0.2, 0) is 30.2 Å². The zero-order valence-corrected chi connectivity index (χ0v) is 13.5. The van der Waals surface area contributed by atoms with Gasteiger partial charge in [0, 0.05) is 19.2 Å². The molecule has 124 valence electrons. The van der Waals surface area contributed by atoms with Gasteiger partial charge in [-0.25, -0.2) is 9.78 Å². The number of aliphatic hydroxyl groups is 1. The molecule has 0 unspecified atom stereocenters. The van der Waals surface area contributed by atoms with Gasteiger partial charge in [-0.2, -0.15) is 0 Å². The van der Waals surface area contributed by atoms with E-state index in [2.05, 4.69) is 15.2 Å². The largest absolute Gasteiger partial charge is 0.479 e. The summed E-state index contributed by atoms with van der Waals surface area (Å²) in [6.45, 7) is 4.95. The molecule has 0 amide bonds. The van der Waals surface area contributed by atoms with Crippen LogP contribution in [0.25, 0.3) is 0 Å². The highest BCUT2D eigenvalue weighted by atomic mass is 32.1. The van der Waals surface area contributed by atoms with E-state index in [9.17, 15) is 14.7 Å². The molecule has 0 fully saturated rings. The van der Waals surface area contributed by atoms with Gasteiger partial charge in [-0.15, -0.1) is 21.6 Å². The van der Waals surface area contributed by atoms with Crippen molar-refractivity contribution in [3.63, 3.8) is 0 Å². The van der Waals surface area contributed by atoms with Crippen molar-refractivity contribution in [2.45, 2.75) is 33.0 Å². The molecule has 9 nitrogen and oxygen atoms in total. The van der Waals surface area contributed by atoms with Gasteiger partial charge in [0.05, 0.1) is 18.7 Å². The number of thiazole rings is 1. The molecule has 23 heavy (non-hydrogen) atoms. The monoisotopic (exact) mass is 341 g/mol. The standard InChI is InChI=1S/C13H15N3O6S/c1-4-20-8(17)5-7-6-23-12(14-7)16-15-9-10(18)21-13(2,3)22-11(9)19/h6,18H,4-5H2,1-3H3. The highest BCUT2D eigenvalue weighted by molar-refractivity contribution is 7.13. The number of rotatable bonds is 5.